The lowest BCUT2D eigenvalue weighted by Gasteiger charge is -2.30. The number of ether oxygens (including phenoxy) is 1. The Hall–Kier alpha value is -5.29. The minimum Gasteiger partial charge on any atom is -0.445 e. The first kappa shape index (κ1) is 42.1. The molecule has 0 spiro atoms. The van der Waals surface area contributed by atoms with Crippen LogP contribution in [0, 0.1) is 23.7 Å². The van der Waals surface area contributed by atoms with Gasteiger partial charge in [0.15, 0.2) is 0 Å². The fourth-order valence-electron chi connectivity index (χ4n) is 5.74. The molecule has 11 nitrogen and oxygen atoms in total. The van der Waals surface area contributed by atoms with E-state index in [0.29, 0.717) is 19.3 Å². The minimum atomic E-state index is -0.915. The predicted octanol–water partition coefficient (Wildman–Crippen LogP) is 7.15. The highest BCUT2D eigenvalue weighted by atomic mass is 16.6. The Morgan fingerprint density at radius 1 is 0.755 bits per heavy atom. The van der Waals surface area contributed by atoms with E-state index in [-0.39, 0.29) is 44.9 Å². The molecule has 0 saturated heterocycles. The number of rotatable bonds is 20. The van der Waals surface area contributed by atoms with Crippen molar-refractivity contribution in [1.82, 2.24) is 21.2 Å². The topological polar surface area (TPSA) is 143 Å². The van der Waals surface area contributed by atoms with Crippen LogP contribution >= 0.6 is 0 Å². The fraction of sp³-hybridized carbons (Fsp3) is 0.405. The highest BCUT2D eigenvalue weighted by Crippen LogP contribution is 2.26. The van der Waals surface area contributed by atoms with Gasteiger partial charge in [0.2, 0.25) is 17.7 Å². The number of carbonyl (C=O) groups excluding carboxylic acids is 5. The number of hydrogen-bond acceptors (Lipinski definition) is 7. The molecule has 0 saturated carbocycles. The number of amides is 5. The number of hydroxylamine groups is 1. The van der Waals surface area contributed by atoms with Crippen molar-refractivity contribution >= 4 is 35.8 Å². The molecule has 5 amide bonds. The number of nitrogens with one attached hydrogen (secondary N) is 3. The van der Waals surface area contributed by atoms with E-state index in [1.807, 2.05) is 131 Å². The molecule has 3 rings (SSSR count). The number of benzene rings is 3. The molecule has 0 bridgehead atoms. The van der Waals surface area contributed by atoms with Gasteiger partial charge in [0, 0.05) is 18.9 Å². The number of imide groups is 1. The zero-order valence-corrected chi connectivity index (χ0v) is 31.3. The second kappa shape index (κ2) is 23.3. The predicted molar refractivity (Wildman–Crippen MR) is 204 cm³/mol. The van der Waals surface area contributed by atoms with E-state index in [4.69, 9.17) is 9.57 Å². The van der Waals surface area contributed by atoms with E-state index in [0.717, 1.165) is 21.7 Å². The van der Waals surface area contributed by atoms with Crippen LogP contribution in [0.2, 0.25) is 0 Å². The van der Waals surface area contributed by atoms with E-state index in [9.17, 15) is 24.0 Å². The number of allylic oxidation sites excluding steroid dienone is 1. The van der Waals surface area contributed by atoms with Crippen molar-refractivity contribution < 1.29 is 33.5 Å². The van der Waals surface area contributed by atoms with Gasteiger partial charge < -0.3 is 10.1 Å². The molecule has 0 unspecified atom stereocenters. The Labute approximate surface area is 313 Å². The first-order valence-corrected chi connectivity index (χ1v) is 18.4. The van der Waals surface area contributed by atoms with Crippen LogP contribution in [0.25, 0.3) is 6.08 Å². The molecule has 53 heavy (non-hydrogen) atoms. The third-order valence-corrected chi connectivity index (χ3v) is 8.72. The van der Waals surface area contributed by atoms with Crippen molar-refractivity contribution in [2.24, 2.45) is 23.7 Å². The molecule has 3 N–H and O–H groups in total. The van der Waals surface area contributed by atoms with E-state index in [2.05, 4.69) is 16.2 Å². The third kappa shape index (κ3) is 15.1. The van der Waals surface area contributed by atoms with Crippen molar-refractivity contribution in [2.45, 2.75) is 79.4 Å². The standard InChI is InChI=1S/C42H54N4O7/c1-5-35(6-2)41(50)46(38(47)26-17-27-43-42(51)52-29-33-20-12-8-13-21-33)44-39(48)37(28-31(3)4)36(25-16-24-32-18-10-7-11-19-32)40(49)45-53-30-34-22-14-9-15-23-34/h7-16,18-24,31,35-37H,5-6,17,25-30H2,1-4H3,(H,43,51)(H,44,48)(H,45,49)/b24-16+/t36-,37+/m0/s1. The molecule has 0 aromatic heterocycles. The van der Waals surface area contributed by atoms with Gasteiger partial charge in [0.05, 0.1) is 18.4 Å². The van der Waals surface area contributed by atoms with Gasteiger partial charge in [-0.3, -0.25) is 29.4 Å². The van der Waals surface area contributed by atoms with Crippen LogP contribution in [0.3, 0.4) is 0 Å². The van der Waals surface area contributed by atoms with Gasteiger partial charge in [-0.1, -0.05) is 131 Å². The molecule has 0 aliphatic carbocycles. The summed E-state index contributed by atoms with van der Waals surface area (Å²) in [5.41, 5.74) is 7.80. The first-order valence-electron chi connectivity index (χ1n) is 18.4. The molecule has 0 aliphatic heterocycles. The summed E-state index contributed by atoms with van der Waals surface area (Å²) in [5.74, 6) is -4.57. The highest BCUT2D eigenvalue weighted by molar-refractivity contribution is 5.99. The maximum Gasteiger partial charge on any atom is 0.407 e. The second-order valence-corrected chi connectivity index (χ2v) is 13.3. The Morgan fingerprint density at radius 3 is 1.92 bits per heavy atom. The summed E-state index contributed by atoms with van der Waals surface area (Å²) in [7, 11) is 0. The lowest BCUT2D eigenvalue weighted by atomic mass is 9.82. The second-order valence-electron chi connectivity index (χ2n) is 13.3. The number of hydrazine groups is 1. The number of carbonyl (C=O) groups is 5. The Bertz CT molecular complexity index is 1600. The normalized spacial score (nSPS) is 12.3. The molecule has 0 aliphatic rings. The van der Waals surface area contributed by atoms with Gasteiger partial charge in [0.1, 0.15) is 6.61 Å². The molecular formula is C42H54N4O7. The van der Waals surface area contributed by atoms with Crippen LogP contribution < -0.4 is 16.2 Å². The van der Waals surface area contributed by atoms with Crippen molar-refractivity contribution in [3.8, 4) is 0 Å². The summed E-state index contributed by atoms with van der Waals surface area (Å²) in [4.78, 5) is 73.0. The molecule has 0 fully saturated rings. The first-order chi connectivity index (χ1) is 25.6. The quantitative estimate of drug-likeness (QED) is 0.0830. The molecule has 3 aromatic carbocycles. The average Bonchev–Trinajstić information content (AvgIpc) is 3.17. The Balaban J connectivity index is 1.76. The van der Waals surface area contributed by atoms with Crippen molar-refractivity contribution in [3.05, 3.63) is 114 Å². The van der Waals surface area contributed by atoms with Crippen LogP contribution in [-0.4, -0.2) is 41.3 Å². The fourth-order valence-corrected chi connectivity index (χ4v) is 5.74. The monoisotopic (exact) mass is 726 g/mol. The third-order valence-electron chi connectivity index (χ3n) is 8.72. The lowest BCUT2D eigenvalue weighted by Crippen LogP contribution is -2.55. The maximum absolute atomic E-state index is 14.2. The average molecular weight is 727 g/mol. The zero-order chi connectivity index (χ0) is 38.4. The van der Waals surface area contributed by atoms with Gasteiger partial charge in [-0.15, -0.1) is 0 Å². The van der Waals surface area contributed by atoms with Crippen molar-refractivity contribution in [3.63, 3.8) is 0 Å². The summed E-state index contributed by atoms with van der Waals surface area (Å²) in [6, 6.07) is 28.2. The van der Waals surface area contributed by atoms with Gasteiger partial charge in [-0.2, -0.15) is 5.01 Å². The van der Waals surface area contributed by atoms with E-state index in [1.165, 1.54) is 0 Å². The van der Waals surface area contributed by atoms with Gasteiger partial charge >= 0.3 is 6.09 Å². The zero-order valence-electron chi connectivity index (χ0n) is 31.3. The molecule has 284 valence electrons. The van der Waals surface area contributed by atoms with Crippen LogP contribution in [-0.2, 0) is 42.0 Å². The maximum atomic E-state index is 14.2. The Morgan fingerprint density at radius 2 is 1.34 bits per heavy atom. The van der Waals surface area contributed by atoms with Crippen LogP contribution in [0.4, 0.5) is 4.79 Å². The molecule has 0 radical (unpaired) electrons. The SMILES string of the molecule is CCC(CC)C(=O)N(NC(=O)[C@H](CC(C)C)[C@H](C/C=C/c1ccccc1)C(=O)NOCc1ccccc1)C(=O)CCCNC(=O)OCc1ccccc1. The summed E-state index contributed by atoms with van der Waals surface area (Å²) >= 11 is 0. The minimum absolute atomic E-state index is 0.00371. The summed E-state index contributed by atoms with van der Waals surface area (Å²) in [6.07, 6.45) is 4.59. The molecular weight excluding hydrogens is 672 g/mol. The largest absolute Gasteiger partial charge is 0.445 e. The number of nitrogens with zero attached hydrogens (tertiary/aromatic N) is 1. The summed E-state index contributed by atoms with van der Waals surface area (Å²) < 4.78 is 5.23. The van der Waals surface area contributed by atoms with Crippen LogP contribution in [0.5, 0.6) is 0 Å². The molecule has 2 atom stereocenters. The number of alkyl carbamates (subject to hydrolysis) is 1. The van der Waals surface area contributed by atoms with Crippen LogP contribution in [0.1, 0.15) is 82.9 Å². The molecule has 3 aromatic rings. The van der Waals surface area contributed by atoms with Gasteiger partial charge in [-0.25, -0.2) is 10.3 Å². The lowest BCUT2D eigenvalue weighted by molar-refractivity contribution is -0.158. The highest BCUT2D eigenvalue weighted by Gasteiger charge is 2.37. The Kier molecular flexibility index (Phi) is 18.5. The van der Waals surface area contributed by atoms with Gasteiger partial charge in [-0.05, 0) is 54.7 Å². The molecule has 11 heteroatoms. The molecule has 0 heterocycles. The summed E-state index contributed by atoms with van der Waals surface area (Å²) in [5, 5.41) is 3.43. The van der Waals surface area contributed by atoms with E-state index in [1.54, 1.807) is 0 Å². The van der Waals surface area contributed by atoms with Crippen molar-refractivity contribution in [2.75, 3.05) is 6.54 Å². The van der Waals surface area contributed by atoms with E-state index >= 15 is 0 Å². The van der Waals surface area contributed by atoms with E-state index < -0.39 is 47.5 Å². The number of hydrogen-bond donors (Lipinski definition) is 3. The van der Waals surface area contributed by atoms with Crippen molar-refractivity contribution in [1.29, 1.82) is 0 Å². The smallest absolute Gasteiger partial charge is 0.407 e. The van der Waals surface area contributed by atoms with Crippen LogP contribution in [0.15, 0.2) is 97.1 Å². The summed E-state index contributed by atoms with van der Waals surface area (Å²) in [6.45, 7) is 7.93. The van der Waals surface area contributed by atoms with Gasteiger partial charge in [0.25, 0.3) is 5.91 Å².